The smallest absolute Gasteiger partial charge is 0.0835 e. The van der Waals surface area contributed by atoms with Crippen LogP contribution >= 0.6 is 50.7 Å². The number of benzene rings is 2. The lowest BCUT2D eigenvalue weighted by molar-refractivity contribution is 0.885. The fourth-order valence-corrected chi connectivity index (χ4v) is 2.66. The summed E-state index contributed by atoms with van der Waals surface area (Å²) in [7, 11) is 0. The van der Waals surface area contributed by atoms with Gasteiger partial charge in [0.15, 0.2) is 0 Å². The lowest BCUT2D eigenvalue weighted by Gasteiger charge is -2.17. The van der Waals surface area contributed by atoms with E-state index in [1.165, 1.54) is 0 Å². The molecule has 0 spiro atoms. The predicted octanol–water partition coefficient (Wildman–Crippen LogP) is 6.58. The van der Waals surface area contributed by atoms with E-state index in [1.54, 1.807) is 0 Å². The number of halogens is 4. The highest BCUT2D eigenvalue weighted by Crippen LogP contribution is 2.37. The topological polar surface area (TPSA) is 12.0 Å². The van der Waals surface area contributed by atoms with Gasteiger partial charge in [0.25, 0.3) is 0 Å². The van der Waals surface area contributed by atoms with Crippen molar-refractivity contribution in [3.8, 4) is 0 Å². The molecule has 0 saturated heterocycles. The molecule has 0 radical (unpaired) electrons. The fraction of sp³-hybridized carbons (Fsp3) is 0.143. The highest BCUT2D eigenvalue weighted by molar-refractivity contribution is 9.10. The second-order valence-electron chi connectivity index (χ2n) is 4.14. The lowest BCUT2D eigenvalue weighted by Crippen LogP contribution is -2.06. The first-order chi connectivity index (χ1) is 8.99. The first kappa shape index (κ1) is 15.0. The summed E-state index contributed by atoms with van der Waals surface area (Å²) < 4.78 is 0.781. The van der Waals surface area contributed by atoms with E-state index in [-0.39, 0.29) is 6.04 Å². The standard InChI is InChI=1S/C14H11BrCl3N/c1-8(9-2-4-10(16)5-3-9)19-12-7-6-11(15)13(17)14(12)18/h2-8,19H,1H3. The predicted molar refractivity (Wildman–Crippen MR) is 87.7 cm³/mol. The van der Waals surface area contributed by atoms with Gasteiger partial charge in [-0.1, -0.05) is 46.9 Å². The molecule has 1 nitrogen and oxygen atoms in total. The molecule has 0 aliphatic heterocycles. The van der Waals surface area contributed by atoms with Gasteiger partial charge < -0.3 is 5.32 Å². The van der Waals surface area contributed by atoms with Crippen molar-refractivity contribution in [3.63, 3.8) is 0 Å². The highest BCUT2D eigenvalue weighted by Gasteiger charge is 2.11. The Morgan fingerprint density at radius 3 is 2.21 bits per heavy atom. The zero-order valence-corrected chi connectivity index (χ0v) is 13.9. The van der Waals surface area contributed by atoms with Crippen LogP contribution in [0.5, 0.6) is 0 Å². The van der Waals surface area contributed by atoms with Crippen LogP contribution in [0.15, 0.2) is 40.9 Å². The quantitative estimate of drug-likeness (QED) is 0.594. The summed E-state index contributed by atoms with van der Waals surface area (Å²) in [6, 6.07) is 11.6. The van der Waals surface area contributed by atoms with Crippen LogP contribution < -0.4 is 5.32 Å². The zero-order chi connectivity index (χ0) is 14.0. The fourth-order valence-electron chi connectivity index (χ4n) is 1.71. The maximum atomic E-state index is 6.21. The van der Waals surface area contributed by atoms with Gasteiger partial charge in [-0.2, -0.15) is 0 Å². The Morgan fingerprint density at radius 1 is 0.947 bits per heavy atom. The van der Waals surface area contributed by atoms with E-state index in [9.17, 15) is 0 Å². The Morgan fingerprint density at radius 2 is 1.58 bits per heavy atom. The Balaban J connectivity index is 2.21. The van der Waals surface area contributed by atoms with Gasteiger partial charge >= 0.3 is 0 Å². The minimum Gasteiger partial charge on any atom is -0.377 e. The van der Waals surface area contributed by atoms with E-state index in [1.807, 2.05) is 36.4 Å². The molecule has 0 fully saturated rings. The molecule has 0 aliphatic rings. The van der Waals surface area contributed by atoms with Crippen LogP contribution in [0.2, 0.25) is 15.1 Å². The lowest BCUT2D eigenvalue weighted by atomic mass is 10.1. The number of nitrogens with one attached hydrogen (secondary N) is 1. The van der Waals surface area contributed by atoms with Crippen molar-refractivity contribution in [2.24, 2.45) is 0 Å². The summed E-state index contributed by atoms with van der Waals surface area (Å²) in [5.74, 6) is 0. The Labute approximate surface area is 136 Å². The molecule has 2 rings (SSSR count). The van der Waals surface area contributed by atoms with Crippen molar-refractivity contribution >= 4 is 56.4 Å². The summed E-state index contributed by atoms with van der Waals surface area (Å²) >= 11 is 21.5. The molecular weight excluding hydrogens is 368 g/mol. The second-order valence-corrected chi connectivity index (χ2v) is 6.19. The average Bonchev–Trinajstić information content (AvgIpc) is 2.40. The Bertz CT molecular complexity index is 584. The molecule has 0 aromatic heterocycles. The Hall–Kier alpha value is -0.410. The number of hydrogen-bond donors (Lipinski definition) is 1. The first-order valence-electron chi connectivity index (χ1n) is 5.64. The van der Waals surface area contributed by atoms with Gasteiger partial charge in [-0.3, -0.25) is 0 Å². The van der Waals surface area contributed by atoms with Crippen LogP contribution in [0.3, 0.4) is 0 Å². The second kappa shape index (κ2) is 6.36. The monoisotopic (exact) mass is 377 g/mol. The van der Waals surface area contributed by atoms with Crippen LogP contribution in [-0.4, -0.2) is 0 Å². The van der Waals surface area contributed by atoms with Crippen LogP contribution in [0, 0.1) is 0 Å². The summed E-state index contributed by atoms with van der Waals surface area (Å²) in [6.07, 6.45) is 0. The molecule has 2 aromatic rings. The summed E-state index contributed by atoms with van der Waals surface area (Å²) in [6.45, 7) is 2.05. The van der Waals surface area contributed by atoms with E-state index in [0.29, 0.717) is 10.0 Å². The van der Waals surface area contributed by atoms with Crippen LogP contribution in [-0.2, 0) is 0 Å². The van der Waals surface area contributed by atoms with Gasteiger partial charge in [-0.15, -0.1) is 0 Å². The van der Waals surface area contributed by atoms with E-state index in [2.05, 4.69) is 28.2 Å². The molecule has 0 saturated carbocycles. The molecule has 5 heteroatoms. The summed E-state index contributed by atoms with van der Waals surface area (Å²) in [5.41, 5.74) is 1.93. The van der Waals surface area contributed by atoms with Crippen molar-refractivity contribution in [2.75, 3.05) is 5.32 Å². The zero-order valence-electron chi connectivity index (χ0n) is 10.1. The molecule has 1 unspecified atom stereocenters. The van der Waals surface area contributed by atoms with Crippen molar-refractivity contribution in [2.45, 2.75) is 13.0 Å². The molecule has 0 aliphatic carbocycles. The van der Waals surface area contributed by atoms with Gasteiger partial charge in [0.2, 0.25) is 0 Å². The van der Waals surface area contributed by atoms with Gasteiger partial charge in [-0.05, 0) is 52.7 Å². The maximum absolute atomic E-state index is 6.21. The summed E-state index contributed by atoms with van der Waals surface area (Å²) in [5, 5.41) is 5.08. The maximum Gasteiger partial charge on any atom is 0.0835 e. The van der Waals surface area contributed by atoms with Gasteiger partial charge in [-0.25, -0.2) is 0 Å². The van der Waals surface area contributed by atoms with Crippen LogP contribution in [0.1, 0.15) is 18.5 Å². The molecule has 0 amide bonds. The van der Waals surface area contributed by atoms with Crippen LogP contribution in [0.4, 0.5) is 5.69 Å². The summed E-state index contributed by atoms with van der Waals surface area (Å²) in [4.78, 5) is 0. The number of rotatable bonds is 3. The van der Waals surface area contributed by atoms with Gasteiger partial charge in [0.05, 0.1) is 15.7 Å². The van der Waals surface area contributed by atoms with Crippen molar-refractivity contribution in [3.05, 3.63) is 61.5 Å². The van der Waals surface area contributed by atoms with Crippen molar-refractivity contribution in [1.82, 2.24) is 0 Å². The SMILES string of the molecule is CC(Nc1ccc(Br)c(Cl)c1Cl)c1ccc(Cl)cc1. The van der Waals surface area contributed by atoms with E-state index < -0.39 is 0 Å². The molecule has 0 bridgehead atoms. The number of hydrogen-bond acceptors (Lipinski definition) is 1. The molecule has 19 heavy (non-hydrogen) atoms. The normalized spacial score (nSPS) is 12.3. The highest BCUT2D eigenvalue weighted by atomic mass is 79.9. The molecule has 100 valence electrons. The van der Waals surface area contributed by atoms with Crippen LogP contribution in [0.25, 0.3) is 0 Å². The molecule has 0 heterocycles. The molecular formula is C14H11BrCl3N. The molecule has 2 aromatic carbocycles. The average molecular weight is 380 g/mol. The van der Waals surface area contributed by atoms with Gasteiger partial charge in [0, 0.05) is 15.5 Å². The largest absolute Gasteiger partial charge is 0.377 e. The van der Waals surface area contributed by atoms with Crippen molar-refractivity contribution in [1.29, 1.82) is 0 Å². The van der Waals surface area contributed by atoms with E-state index in [0.717, 1.165) is 20.7 Å². The number of anilines is 1. The third-order valence-corrected chi connectivity index (χ3v) is 4.80. The third-order valence-electron chi connectivity index (χ3n) is 2.78. The first-order valence-corrected chi connectivity index (χ1v) is 7.57. The Kier molecular flexibility index (Phi) is 5.02. The van der Waals surface area contributed by atoms with Gasteiger partial charge in [0.1, 0.15) is 0 Å². The minimum atomic E-state index is 0.104. The van der Waals surface area contributed by atoms with E-state index in [4.69, 9.17) is 34.8 Å². The molecule has 1 N–H and O–H groups in total. The third kappa shape index (κ3) is 3.57. The van der Waals surface area contributed by atoms with Crippen molar-refractivity contribution < 1.29 is 0 Å². The van der Waals surface area contributed by atoms with E-state index >= 15 is 0 Å². The molecule has 1 atom stereocenters. The minimum absolute atomic E-state index is 0.104.